The van der Waals surface area contributed by atoms with Gasteiger partial charge in [0, 0.05) is 6.07 Å². The molecule has 1 N–H and O–H groups in total. The molecule has 0 aliphatic carbocycles. The first kappa shape index (κ1) is 14.0. The summed E-state index contributed by atoms with van der Waals surface area (Å²) in [6, 6.07) is 10.1. The second-order valence-corrected chi connectivity index (χ2v) is 4.66. The van der Waals surface area contributed by atoms with Gasteiger partial charge in [-0.2, -0.15) is 5.26 Å². The highest BCUT2D eigenvalue weighted by atomic mass is 79.9. The molecule has 4 nitrogen and oxygen atoms in total. The smallest absolute Gasteiger partial charge is 0.338 e. The lowest BCUT2D eigenvalue weighted by Gasteiger charge is -2.08. The summed E-state index contributed by atoms with van der Waals surface area (Å²) in [5.74, 6) is -1.65. The van der Waals surface area contributed by atoms with Crippen LogP contribution in [0.4, 0.5) is 4.39 Å². The van der Waals surface area contributed by atoms with Crippen LogP contribution in [0, 0.1) is 17.1 Å². The number of nitrogens with zero attached hydrogens (tertiary/aromatic N) is 1. The number of carbonyl (C=O) groups is 1. The highest BCUT2D eigenvalue weighted by Gasteiger charge is 2.12. The molecule has 0 amide bonds. The van der Waals surface area contributed by atoms with Gasteiger partial charge in [-0.25, -0.2) is 9.18 Å². The molecule has 0 unspecified atom stereocenters. The Balaban J connectivity index is 2.29. The van der Waals surface area contributed by atoms with Crippen LogP contribution in [0.15, 0.2) is 40.9 Å². The van der Waals surface area contributed by atoms with Gasteiger partial charge in [-0.15, -0.1) is 0 Å². The number of carboxylic acid groups (broad SMARTS) is 1. The Morgan fingerprint density at radius 2 is 2.05 bits per heavy atom. The molecule has 0 bridgehead atoms. The number of benzene rings is 2. The maximum atomic E-state index is 13.5. The van der Waals surface area contributed by atoms with Crippen molar-refractivity contribution in [1.29, 1.82) is 5.26 Å². The number of ether oxygens (including phenoxy) is 1. The summed E-state index contributed by atoms with van der Waals surface area (Å²) >= 11 is 3.24. The number of carboxylic acids is 1. The second-order valence-electron chi connectivity index (χ2n) is 3.81. The number of rotatable bonds is 3. The van der Waals surface area contributed by atoms with Crippen molar-refractivity contribution >= 4 is 21.9 Å². The zero-order chi connectivity index (χ0) is 14.7. The molecule has 2 rings (SSSR count). The van der Waals surface area contributed by atoms with Gasteiger partial charge in [0.2, 0.25) is 0 Å². The van der Waals surface area contributed by atoms with Gasteiger partial charge in [0.05, 0.1) is 21.7 Å². The third-order valence-electron chi connectivity index (χ3n) is 2.46. The minimum atomic E-state index is -1.34. The molecule has 20 heavy (non-hydrogen) atoms. The topological polar surface area (TPSA) is 70.3 Å². The van der Waals surface area contributed by atoms with Gasteiger partial charge in [-0.1, -0.05) is 0 Å². The summed E-state index contributed by atoms with van der Waals surface area (Å²) in [6.07, 6.45) is 0. The first-order valence-electron chi connectivity index (χ1n) is 5.41. The molecule has 6 heteroatoms. The predicted molar refractivity (Wildman–Crippen MR) is 72.3 cm³/mol. The fourth-order valence-corrected chi connectivity index (χ4v) is 1.97. The fourth-order valence-electron chi connectivity index (χ4n) is 1.51. The normalized spacial score (nSPS) is 9.85. The Kier molecular flexibility index (Phi) is 4.01. The molecule has 2 aromatic rings. The molecule has 2 aromatic carbocycles. The monoisotopic (exact) mass is 335 g/mol. The first-order chi connectivity index (χ1) is 9.51. The lowest BCUT2D eigenvalue weighted by Crippen LogP contribution is -2.00. The van der Waals surface area contributed by atoms with Gasteiger partial charge in [0.25, 0.3) is 0 Å². The van der Waals surface area contributed by atoms with E-state index in [-0.39, 0.29) is 5.75 Å². The van der Waals surface area contributed by atoms with E-state index in [1.54, 1.807) is 18.2 Å². The van der Waals surface area contributed by atoms with Gasteiger partial charge in [-0.05, 0) is 46.3 Å². The third-order valence-corrected chi connectivity index (χ3v) is 3.08. The second kappa shape index (κ2) is 5.72. The van der Waals surface area contributed by atoms with Crippen molar-refractivity contribution in [3.63, 3.8) is 0 Å². The Hall–Kier alpha value is -2.39. The van der Waals surface area contributed by atoms with Crippen LogP contribution in [0.3, 0.4) is 0 Å². The van der Waals surface area contributed by atoms with Crippen LogP contribution in [0.5, 0.6) is 11.5 Å². The molecular weight excluding hydrogens is 329 g/mol. The van der Waals surface area contributed by atoms with E-state index in [2.05, 4.69) is 15.9 Å². The van der Waals surface area contributed by atoms with E-state index in [0.29, 0.717) is 15.8 Å². The van der Waals surface area contributed by atoms with Crippen molar-refractivity contribution in [3.8, 4) is 17.6 Å². The number of halogens is 2. The van der Waals surface area contributed by atoms with Crippen LogP contribution in [0.2, 0.25) is 0 Å². The lowest BCUT2D eigenvalue weighted by atomic mass is 10.2. The Morgan fingerprint density at radius 1 is 1.30 bits per heavy atom. The van der Waals surface area contributed by atoms with Gasteiger partial charge < -0.3 is 9.84 Å². The van der Waals surface area contributed by atoms with Crippen LogP contribution in [-0.2, 0) is 0 Å². The molecule has 0 aliphatic rings. The highest BCUT2D eigenvalue weighted by Crippen LogP contribution is 2.31. The van der Waals surface area contributed by atoms with Crippen LogP contribution in [0.1, 0.15) is 15.9 Å². The molecule has 0 radical (unpaired) electrons. The third kappa shape index (κ3) is 2.95. The van der Waals surface area contributed by atoms with Crippen molar-refractivity contribution in [2.45, 2.75) is 0 Å². The minimum Gasteiger partial charge on any atom is -0.478 e. The molecule has 0 aliphatic heterocycles. The number of hydrogen-bond acceptors (Lipinski definition) is 3. The largest absolute Gasteiger partial charge is 0.478 e. The van der Waals surface area contributed by atoms with Gasteiger partial charge >= 0.3 is 5.97 Å². The van der Waals surface area contributed by atoms with Gasteiger partial charge in [0.15, 0.2) is 0 Å². The first-order valence-corrected chi connectivity index (χ1v) is 6.21. The maximum Gasteiger partial charge on any atom is 0.338 e. The van der Waals surface area contributed by atoms with E-state index < -0.39 is 17.3 Å². The molecular formula is C14H7BrFNO3. The molecule has 0 spiro atoms. The molecule has 0 saturated heterocycles. The van der Waals surface area contributed by atoms with E-state index in [0.717, 1.165) is 12.1 Å². The molecule has 0 saturated carbocycles. The maximum absolute atomic E-state index is 13.5. The van der Waals surface area contributed by atoms with E-state index in [1.165, 1.54) is 6.07 Å². The van der Waals surface area contributed by atoms with E-state index in [1.807, 2.05) is 6.07 Å². The van der Waals surface area contributed by atoms with Crippen LogP contribution in [0.25, 0.3) is 0 Å². The van der Waals surface area contributed by atoms with Crippen molar-refractivity contribution < 1.29 is 19.0 Å². The van der Waals surface area contributed by atoms with Crippen LogP contribution in [-0.4, -0.2) is 11.1 Å². The quantitative estimate of drug-likeness (QED) is 0.921. The SMILES string of the molecule is N#Cc1ccc(Oc2ccc(C(=O)O)c(F)c2)c(Br)c1. The van der Waals surface area contributed by atoms with Crippen molar-refractivity contribution in [1.82, 2.24) is 0 Å². The summed E-state index contributed by atoms with van der Waals surface area (Å²) in [6.45, 7) is 0. The zero-order valence-electron chi connectivity index (χ0n) is 9.93. The van der Waals surface area contributed by atoms with Crippen molar-refractivity contribution in [2.24, 2.45) is 0 Å². The minimum absolute atomic E-state index is 0.165. The van der Waals surface area contributed by atoms with E-state index >= 15 is 0 Å². The molecule has 100 valence electrons. The zero-order valence-corrected chi connectivity index (χ0v) is 11.5. The fraction of sp³-hybridized carbons (Fsp3) is 0. The Bertz CT molecular complexity index is 725. The number of nitriles is 1. The summed E-state index contributed by atoms with van der Waals surface area (Å²) in [5.41, 5.74) is 0.0351. The van der Waals surface area contributed by atoms with E-state index in [9.17, 15) is 9.18 Å². The Morgan fingerprint density at radius 3 is 2.60 bits per heavy atom. The average Bonchev–Trinajstić information content (AvgIpc) is 2.40. The predicted octanol–water partition coefficient (Wildman–Crippen LogP) is 3.95. The van der Waals surface area contributed by atoms with Gasteiger partial charge in [0.1, 0.15) is 17.3 Å². The average molecular weight is 336 g/mol. The van der Waals surface area contributed by atoms with Crippen molar-refractivity contribution in [3.05, 3.63) is 57.8 Å². The standard InChI is InChI=1S/C14H7BrFNO3/c15-11-5-8(7-17)1-4-13(11)20-9-2-3-10(14(18)19)12(16)6-9/h1-6H,(H,18,19). The Labute approximate surface area is 122 Å². The number of hydrogen-bond donors (Lipinski definition) is 1. The number of aromatic carboxylic acids is 1. The highest BCUT2D eigenvalue weighted by molar-refractivity contribution is 9.10. The van der Waals surface area contributed by atoms with E-state index in [4.69, 9.17) is 15.1 Å². The molecule has 0 heterocycles. The van der Waals surface area contributed by atoms with Gasteiger partial charge in [-0.3, -0.25) is 0 Å². The summed E-state index contributed by atoms with van der Waals surface area (Å²) in [5, 5.41) is 17.5. The summed E-state index contributed by atoms with van der Waals surface area (Å²) in [7, 11) is 0. The summed E-state index contributed by atoms with van der Waals surface area (Å²) in [4.78, 5) is 10.7. The molecule has 0 fully saturated rings. The molecule has 0 atom stereocenters. The van der Waals surface area contributed by atoms with Crippen molar-refractivity contribution in [2.75, 3.05) is 0 Å². The van der Waals surface area contributed by atoms with Crippen LogP contribution < -0.4 is 4.74 Å². The summed E-state index contributed by atoms with van der Waals surface area (Å²) < 4.78 is 19.5. The lowest BCUT2D eigenvalue weighted by molar-refractivity contribution is 0.0692. The molecule has 0 aromatic heterocycles. The van der Waals surface area contributed by atoms with Crippen LogP contribution >= 0.6 is 15.9 Å².